The number of allylic oxidation sites excluding steroid dienone is 16. The van der Waals surface area contributed by atoms with E-state index in [4.69, 9.17) is 0 Å². The second kappa shape index (κ2) is 32.5. The predicted octanol–water partition coefficient (Wildman–Crippen LogP) is 29.0. The Hall–Kier alpha value is -3.45. The summed E-state index contributed by atoms with van der Waals surface area (Å²) in [5, 5.41) is 0. The van der Waals surface area contributed by atoms with Crippen molar-refractivity contribution in [1.29, 1.82) is 0 Å². The molecule has 0 nitrogen and oxygen atoms in total. The van der Waals surface area contributed by atoms with E-state index in [1.807, 2.05) is 0 Å². The maximum Gasteiger partial charge on any atom is 4.00 e. The maximum atomic E-state index is 2.91. The molecule has 0 amide bonds. The number of hydrogen-bond donors (Lipinski definition) is 0. The summed E-state index contributed by atoms with van der Waals surface area (Å²) in [5.74, 6) is 6.50. The summed E-state index contributed by atoms with van der Waals surface area (Å²) in [5.41, 5.74) is 21.4. The summed E-state index contributed by atoms with van der Waals surface area (Å²) in [6, 6.07) is 47.8. The first-order chi connectivity index (χ1) is 44.5. The van der Waals surface area contributed by atoms with Gasteiger partial charge in [0.25, 0.3) is 0 Å². The van der Waals surface area contributed by atoms with Gasteiger partial charge < -0.3 is 59.4 Å². The van der Waals surface area contributed by atoms with Gasteiger partial charge in [-0.2, -0.15) is 0 Å². The third kappa shape index (κ3) is 14.5. The summed E-state index contributed by atoms with van der Waals surface area (Å²) in [6.07, 6.45) is 44.2. The zero-order valence-corrected chi connectivity index (χ0v) is 76.5. The number of benzene rings is 4. The predicted molar refractivity (Wildman–Crippen MR) is 449 cm³/mol. The quantitative estimate of drug-likeness (QED) is 0.122. The molecule has 4 aromatic carbocycles. The van der Waals surface area contributed by atoms with Gasteiger partial charge in [-0.15, -0.1) is 0 Å². The SMILES string of the molecule is CC1(C)CCC(C)(C)C2=CC3C(C=C21)C1C=C2C(=CC1C3C(c1ccccc1)(c1ccccc1)C1CCCC1)C(C)(C)CCC2(C)C.CC1(C)CCC(C)(C)C2=CC3C(C=C21)C1C=C2C(=CC1C3C(c1ccccc1)(c1ccccc1)C1CCCC1)C(C)(C)CCC2(C)C.[CH3-].[CH3-].[CH3-].[CH3-].[CH3-].[CH3-].[CH3-].[CH3-].[Hf+4].[Zr+4]. The van der Waals surface area contributed by atoms with Crippen LogP contribution in [0.2, 0.25) is 0 Å². The van der Waals surface area contributed by atoms with Crippen molar-refractivity contribution in [3.63, 3.8) is 0 Å². The van der Waals surface area contributed by atoms with E-state index < -0.39 is 0 Å². The summed E-state index contributed by atoms with van der Waals surface area (Å²) in [6.45, 7) is 40.6. The fourth-order valence-corrected chi connectivity index (χ4v) is 24.2. The summed E-state index contributed by atoms with van der Waals surface area (Å²) < 4.78 is 0. The van der Waals surface area contributed by atoms with Crippen molar-refractivity contribution in [2.24, 2.45) is 114 Å². The molecule has 104 heavy (non-hydrogen) atoms. The van der Waals surface area contributed by atoms with Gasteiger partial charge in [-0.25, -0.2) is 0 Å². The van der Waals surface area contributed by atoms with Crippen LogP contribution in [0.3, 0.4) is 0 Å². The molecule has 4 aromatic rings. The van der Waals surface area contributed by atoms with Crippen LogP contribution in [0.15, 0.2) is 215 Å². The van der Waals surface area contributed by atoms with E-state index in [2.05, 4.69) is 281 Å². The summed E-state index contributed by atoms with van der Waals surface area (Å²) in [7, 11) is 0. The van der Waals surface area contributed by atoms with E-state index in [1.54, 1.807) is 66.8 Å². The normalized spacial score (nSPS) is 30.1. The van der Waals surface area contributed by atoms with Gasteiger partial charge >= 0.3 is 52.0 Å². The largest absolute Gasteiger partial charge is 4.00 e. The Labute approximate surface area is 681 Å². The van der Waals surface area contributed by atoms with E-state index in [1.165, 1.54) is 103 Å². The zero-order chi connectivity index (χ0) is 66.0. The molecule has 0 heterocycles. The van der Waals surface area contributed by atoms with Gasteiger partial charge in [0.1, 0.15) is 0 Å². The minimum absolute atomic E-state index is 0. The molecule has 0 bridgehead atoms. The fourth-order valence-electron chi connectivity index (χ4n) is 24.2. The van der Waals surface area contributed by atoms with Crippen LogP contribution in [-0.2, 0) is 62.9 Å². The number of rotatable bonds is 8. The van der Waals surface area contributed by atoms with Crippen LogP contribution in [0.5, 0.6) is 0 Å². The Balaban J connectivity index is 0.000000341. The van der Waals surface area contributed by atoms with Crippen LogP contribution in [0.1, 0.15) is 236 Å². The van der Waals surface area contributed by atoms with E-state index in [-0.39, 0.29) is 166 Å². The molecule has 8 saturated carbocycles. The molecule has 0 radical (unpaired) electrons. The molecule has 8 unspecified atom stereocenters. The smallest absolute Gasteiger partial charge is 0.358 e. The molecule has 0 aliphatic heterocycles. The molecular formula is C102H144HfZr. The summed E-state index contributed by atoms with van der Waals surface area (Å²) in [4.78, 5) is 0. The van der Waals surface area contributed by atoms with Crippen LogP contribution in [0.25, 0.3) is 0 Å². The Bertz CT molecular complexity index is 3330. The van der Waals surface area contributed by atoms with Crippen LogP contribution in [0.4, 0.5) is 0 Å². The molecule has 12 aliphatic rings. The first-order valence-electron chi connectivity index (χ1n) is 38.6. The first-order valence-corrected chi connectivity index (χ1v) is 38.6. The van der Waals surface area contributed by atoms with Gasteiger partial charge in [-0.1, -0.05) is 306 Å². The first kappa shape index (κ1) is 91.2. The molecule has 8 atom stereocenters. The molecule has 12 aliphatic carbocycles. The third-order valence-electron chi connectivity index (χ3n) is 29.7. The third-order valence-corrected chi connectivity index (χ3v) is 29.7. The summed E-state index contributed by atoms with van der Waals surface area (Å²) >= 11 is 0. The topological polar surface area (TPSA) is 0 Å². The van der Waals surface area contributed by atoms with Gasteiger partial charge in [0, 0.05) is 10.8 Å². The zero-order valence-electron chi connectivity index (χ0n) is 70.4. The van der Waals surface area contributed by atoms with E-state index in [9.17, 15) is 0 Å². The molecule has 0 saturated heterocycles. The Kier molecular flexibility index (Phi) is 28.5. The van der Waals surface area contributed by atoms with Crippen molar-refractivity contribution in [2.45, 2.75) is 224 Å². The minimum Gasteiger partial charge on any atom is -0.358 e. The van der Waals surface area contributed by atoms with Crippen molar-refractivity contribution >= 4 is 0 Å². The van der Waals surface area contributed by atoms with Crippen LogP contribution in [0, 0.1) is 174 Å². The van der Waals surface area contributed by atoms with Crippen molar-refractivity contribution in [3.8, 4) is 0 Å². The van der Waals surface area contributed by atoms with Crippen molar-refractivity contribution < 1.29 is 52.0 Å². The Morgan fingerprint density at radius 2 is 0.375 bits per heavy atom. The van der Waals surface area contributed by atoms with E-state index in [0.717, 1.165) is 0 Å². The van der Waals surface area contributed by atoms with Crippen LogP contribution in [-0.4, -0.2) is 0 Å². The molecular weight excluding hydrogens is 1490 g/mol. The fraction of sp³-hybridized carbons (Fsp3) is 0.529. The van der Waals surface area contributed by atoms with Gasteiger partial charge in [0.2, 0.25) is 0 Å². The number of fused-ring (bicyclic) bond motifs is 10. The van der Waals surface area contributed by atoms with Crippen LogP contribution >= 0.6 is 0 Å². The molecule has 0 N–H and O–H groups in total. The molecule has 2 heteroatoms. The molecule has 8 fully saturated rings. The molecule has 16 rings (SSSR count). The second-order valence-corrected chi connectivity index (χ2v) is 38.5. The van der Waals surface area contributed by atoms with Crippen LogP contribution < -0.4 is 0 Å². The second-order valence-electron chi connectivity index (χ2n) is 38.5. The average Bonchev–Trinajstić information content (AvgIpc) is 1.52. The molecule has 560 valence electrons. The van der Waals surface area contributed by atoms with Gasteiger partial charge in [0.15, 0.2) is 0 Å². The van der Waals surface area contributed by atoms with E-state index >= 15 is 0 Å². The molecule has 0 aromatic heterocycles. The van der Waals surface area contributed by atoms with Gasteiger partial charge in [0.05, 0.1) is 0 Å². The van der Waals surface area contributed by atoms with E-state index in [0.29, 0.717) is 71.0 Å². The van der Waals surface area contributed by atoms with Crippen molar-refractivity contribution in [2.75, 3.05) is 0 Å². The number of hydrogen-bond acceptors (Lipinski definition) is 0. The maximum absolute atomic E-state index is 2.91. The standard InChI is InChI=1S/2C47H60.8CH3.Hf.Zr/c2*1-43(2)23-25-45(5,6)40-29-36-34(27-38(40)43)35-28-39-41(46(7,8)26-24-44(39,3)4)30-37(35)42(36)47(33-21-15-16-22-33,31-17-11-9-12-18-31)32-19-13-10-14-20-32;;;;;;;;;;/h2*9-14,17-20,27-30,33-37,42H,15-16,21-26H2,1-8H3;8*1H3;;/q;;8*-1;2*+4. The Morgan fingerprint density at radius 3 is 0.529 bits per heavy atom. The van der Waals surface area contributed by atoms with Crippen molar-refractivity contribution in [1.82, 2.24) is 0 Å². The minimum atomic E-state index is -0.0329. The van der Waals surface area contributed by atoms with Gasteiger partial charge in [-0.05, 0) is 258 Å². The van der Waals surface area contributed by atoms with Gasteiger partial charge in [-0.3, -0.25) is 0 Å². The Morgan fingerprint density at radius 1 is 0.231 bits per heavy atom. The molecule has 0 spiro atoms. The van der Waals surface area contributed by atoms with Crippen molar-refractivity contribution in [3.05, 3.63) is 296 Å². The monoisotopic (exact) mass is 1640 g/mol. The average molecular weight is 1640 g/mol.